The molecule has 4 heterocycles. The van der Waals surface area contributed by atoms with Crippen molar-refractivity contribution in [1.29, 1.82) is 0 Å². The molecular weight excluding hydrogens is 380 g/mol. The molecule has 8 nitrogen and oxygen atoms in total. The van der Waals surface area contributed by atoms with E-state index in [9.17, 15) is 9.59 Å². The van der Waals surface area contributed by atoms with Crippen LogP contribution in [0.2, 0.25) is 0 Å². The fourth-order valence-corrected chi connectivity index (χ4v) is 3.44. The molecule has 0 saturated carbocycles. The van der Waals surface area contributed by atoms with Crippen LogP contribution in [0.15, 0.2) is 64.4 Å². The van der Waals surface area contributed by atoms with Gasteiger partial charge in [-0.05, 0) is 37.3 Å². The highest BCUT2D eigenvalue weighted by Gasteiger charge is 2.13. The molecule has 0 aliphatic rings. The number of rotatable bonds is 3. The molecule has 0 fully saturated rings. The van der Waals surface area contributed by atoms with Gasteiger partial charge in [-0.15, -0.1) is 5.10 Å². The summed E-state index contributed by atoms with van der Waals surface area (Å²) in [5, 5.41) is 7.63. The Kier molecular flexibility index (Phi) is 4.06. The van der Waals surface area contributed by atoms with Gasteiger partial charge in [-0.3, -0.25) is 19.3 Å². The Morgan fingerprint density at radius 3 is 2.13 bits per heavy atom. The number of H-pyrrole nitrogens is 1. The molecule has 0 atom stereocenters. The number of hydrogen-bond donors (Lipinski definition) is 1. The van der Waals surface area contributed by atoms with Crippen LogP contribution in [0.5, 0.6) is 0 Å². The molecule has 30 heavy (non-hydrogen) atoms. The maximum absolute atomic E-state index is 13.2. The molecule has 0 radical (unpaired) electrons. The number of aromatic amines is 1. The molecule has 0 unspecified atom stereocenters. The fraction of sp³-hybridized carbons (Fsp3) is 0.136. The monoisotopic (exact) mass is 398 g/mol. The van der Waals surface area contributed by atoms with E-state index in [-0.39, 0.29) is 17.1 Å². The van der Waals surface area contributed by atoms with E-state index in [0.717, 1.165) is 11.3 Å². The van der Waals surface area contributed by atoms with Gasteiger partial charge in [0.05, 0.1) is 21.8 Å². The summed E-state index contributed by atoms with van der Waals surface area (Å²) in [4.78, 5) is 35.1. The maximum atomic E-state index is 13.2. The van der Waals surface area contributed by atoms with Crippen LogP contribution in [0.25, 0.3) is 33.4 Å². The SMILES string of the molecule is CCc1nc(-n2ccc3nc4ccn(-c5ccc(C)cc5)c(=O)c4cc3c2=O)n[nH]1. The van der Waals surface area contributed by atoms with Crippen LogP contribution in [0, 0.1) is 6.92 Å². The molecule has 8 heteroatoms. The first-order valence-electron chi connectivity index (χ1n) is 9.61. The Bertz CT molecular complexity index is 1530. The minimum atomic E-state index is -0.325. The maximum Gasteiger partial charge on any atom is 0.267 e. The number of nitrogens with zero attached hydrogens (tertiary/aromatic N) is 5. The van der Waals surface area contributed by atoms with Crippen LogP contribution in [0.1, 0.15) is 18.3 Å². The number of fused-ring (bicyclic) bond motifs is 2. The number of nitrogens with one attached hydrogen (secondary N) is 1. The van der Waals surface area contributed by atoms with E-state index in [4.69, 9.17) is 0 Å². The first-order chi connectivity index (χ1) is 14.5. The minimum absolute atomic E-state index is 0.230. The third-order valence-corrected chi connectivity index (χ3v) is 5.13. The van der Waals surface area contributed by atoms with Crippen LogP contribution in [-0.2, 0) is 6.42 Å². The van der Waals surface area contributed by atoms with Gasteiger partial charge in [0.2, 0.25) is 0 Å². The number of hydrogen-bond acceptors (Lipinski definition) is 5. The Morgan fingerprint density at radius 2 is 1.50 bits per heavy atom. The van der Waals surface area contributed by atoms with Gasteiger partial charge < -0.3 is 0 Å². The quantitative estimate of drug-likeness (QED) is 0.471. The third kappa shape index (κ3) is 2.81. The number of benzene rings is 1. The first kappa shape index (κ1) is 18.0. The predicted octanol–water partition coefficient (Wildman–Crippen LogP) is 2.68. The van der Waals surface area contributed by atoms with Gasteiger partial charge in [0.25, 0.3) is 17.1 Å². The van der Waals surface area contributed by atoms with Gasteiger partial charge in [-0.2, -0.15) is 4.98 Å². The van der Waals surface area contributed by atoms with Crippen LogP contribution < -0.4 is 11.1 Å². The topological polar surface area (TPSA) is 98.5 Å². The molecule has 0 aliphatic heterocycles. The Labute approximate surface area is 170 Å². The summed E-state index contributed by atoms with van der Waals surface area (Å²) in [6, 6.07) is 12.8. The highest BCUT2D eigenvalue weighted by atomic mass is 16.1. The molecule has 0 spiro atoms. The second kappa shape index (κ2) is 6.77. The fourth-order valence-electron chi connectivity index (χ4n) is 3.44. The van der Waals surface area contributed by atoms with Crippen LogP contribution in [0.4, 0.5) is 0 Å². The average Bonchev–Trinajstić information content (AvgIpc) is 3.23. The molecule has 4 aromatic heterocycles. The van der Waals surface area contributed by atoms with Crippen LogP contribution in [-0.4, -0.2) is 29.3 Å². The molecule has 5 aromatic rings. The summed E-state index contributed by atoms with van der Waals surface area (Å²) in [6.45, 7) is 3.94. The van der Waals surface area contributed by atoms with Crippen molar-refractivity contribution in [3.63, 3.8) is 0 Å². The van der Waals surface area contributed by atoms with Gasteiger partial charge in [-0.1, -0.05) is 24.6 Å². The highest BCUT2D eigenvalue weighted by molar-refractivity contribution is 5.91. The molecule has 1 N–H and O–H groups in total. The molecule has 1 aromatic carbocycles. The lowest BCUT2D eigenvalue weighted by molar-refractivity contribution is 0.901. The van der Waals surface area contributed by atoms with E-state index >= 15 is 0 Å². The number of aromatic nitrogens is 6. The van der Waals surface area contributed by atoms with Crippen molar-refractivity contribution in [3.8, 4) is 11.6 Å². The summed E-state index contributed by atoms with van der Waals surface area (Å²) >= 11 is 0. The molecular formula is C22H18N6O2. The lowest BCUT2D eigenvalue weighted by Gasteiger charge is -2.09. The zero-order valence-corrected chi connectivity index (χ0v) is 16.5. The van der Waals surface area contributed by atoms with Crippen LogP contribution >= 0.6 is 0 Å². The highest BCUT2D eigenvalue weighted by Crippen LogP contribution is 2.16. The van der Waals surface area contributed by atoms with Crippen molar-refractivity contribution < 1.29 is 0 Å². The van der Waals surface area contributed by atoms with Gasteiger partial charge in [0.15, 0.2) is 0 Å². The van der Waals surface area contributed by atoms with Crippen molar-refractivity contribution >= 4 is 21.8 Å². The molecule has 0 bridgehead atoms. The average molecular weight is 398 g/mol. The molecule has 0 aliphatic carbocycles. The minimum Gasteiger partial charge on any atom is -0.284 e. The van der Waals surface area contributed by atoms with Gasteiger partial charge in [-0.25, -0.2) is 9.55 Å². The summed E-state index contributed by atoms with van der Waals surface area (Å²) in [5.74, 6) is 0.957. The second-order valence-electron chi connectivity index (χ2n) is 7.11. The summed E-state index contributed by atoms with van der Waals surface area (Å²) < 4.78 is 2.91. The van der Waals surface area contributed by atoms with Crippen molar-refractivity contribution in [1.82, 2.24) is 29.3 Å². The second-order valence-corrected chi connectivity index (χ2v) is 7.11. The Hall–Kier alpha value is -4.07. The lowest BCUT2D eigenvalue weighted by Crippen LogP contribution is -2.21. The third-order valence-electron chi connectivity index (χ3n) is 5.13. The van der Waals surface area contributed by atoms with E-state index in [1.54, 1.807) is 35.2 Å². The zero-order chi connectivity index (χ0) is 20.8. The summed E-state index contributed by atoms with van der Waals surface area (Å²) in [5.41, 5.74) is 2.37. The molecule has 0 saturated heterocycles. The van der Waals surface area contributed by atoms with Crippen molar-refractivity contribution in [3.05, 3.63) is 87.0 Å². The van der Waals surface area contributed by atoms with Gasteiger partial charge in [0.1, 0.15) is 5.82 Å². The van der Waals surface area contributed by atoms with Crippen molar-refractivity contribution in [2.24, 2.45) is 0 Å². The number of aryl methyl sites for hydroxylation is 2. The van der Waals surface area contributed by atoms with E-state index < -0.39 is 0 Å². The molecule has 0 amide bonds. The lowest BCUT2D eigenvalue weighted by atomic mass is 10.1. The predicted molar refractivity (Wildman–Crippen MR) is 114 cm³/mol. The van der Waals surface area contributed by atoms with E-state index in [2.05, 4.69) is 20.2 Å². The van der Waals surface area contributed by atoms with Gasteiger partial charge in [0, 0.05) is 24.5 Å². The number of pyridine rings is 3. The normalized spacial score (nSPS) is 11.4. The molecule has 148 valence electrons. The van der Waals surface area contributed by atoms with Crippen LogP contribution in [0.3, 0.4) is 0 Å². The van der Waals surface area contributed by atoms with E-state index in [0.29, 0.717) is 34.1 Å². The first-order valence-corrected chi connectivity index (χ1v) is 9.61. The summed E-state index contributed by atoms with van der Waals surface area (Å²) in [6.07, 6.45) is 3.98. The van der Waals surface area contributed by atoms with Gasteiger partial charge >= 0.3 is 0 Å². The van der Waals surface area contributed by atoms with E-state index in [1.807, 2.05) is 38.1 Å². The Balaban J connectivity index is 1.74. The Morgan fingerprint density at radius 1 is 0.867 bits per heavy atom. The van der Waals surface area contributed by atoms with Crippen molar-refractivity contribution in [2.45, 2.75) is 20.3 Å². The van der Waals surface area contributed by atoms with E-state index in [1.165, 1.54) is 4.57 Å². The molecule has 5 rings (SSSR count). The zero-order valence-electron chi connectivity index (χ0n) is 16.5. The smallest absolute Gasteiger partial charge is 0.267 e. The summed E-state index contributed by atoms with van der Waals surface area (Å²) in [7, 11) is 0. The van der Waals surface area contributed by atoms with Crippen molar-refractivity contribution in [2.75, 3.05) is 0 Å². The largest absolute Gasteiger partial charge is 0.284 e. The standard InChI is InChI=1S/C22H18N6O2/c1-3-19-24-22(26-25-19)28-11-9-18-16(21(28)30)12-15-17(23-18)8-10-27(20(15)29)14-6-4-13(2)5-7-14/h4-12H,3H2,1-2H3,(H,24,25,26).